The summed E-state index contributed by atoms with van der Waals surface area (Å²) < 4.78 is 27.5. The molecule has 1 amide bonds. The first-order valence-corrected chi connectivity index (χ1v) is 9.29. The molecule has 1 aliphatic heterocycles. The molecule has 1 unspecified atom stereocenters. The molecular weight excluding hydrogens is 374 g/mol. The number of hydrogen-bond donors (Lipinski definition) is 1. The highest BCUT2D eigenvalue weighted by atomic mass is 35.5. The van der Waals surface area contributed by atoms with Crippen LogP contribution in [0.3, 0.4) is 0 Å². The van der Waals surface area contributed by atoms with Crippen molar-refractivity contribution in [2.45, 2.75) is 32.2 Å². The summed E-state index contributed by atoms with van der Waals surface area (Å²) in [5.74, 6) is -0.654. The molecule has 1 saturated heterocycles. The van der Waals surface area contributed by atoms with E-state index in [0.29, 0.717) is 31.1 Å². The van der Waals surface area contributed by atoms with Crippen LogP contribution in [0, 0.1) is 17.6 Å². The van der Waals surface area contributed by atoms with E-state index in [2.05, 4.69) is 20.4 Å². The van der Waals surface area contributed by atoms with Gasteiger partial charge in [0.25, 0.3) is 0 Å². The van der Waals surface area contributed by atoms with Crippen molar-refractivity contribution in [1.82, 2.24) is 15.5 Å². The number of amides is 1. The predicted molar refractivity (Wildman–Crippen MR) is 99.6 cm³/mol. The summed E-state index contributed by atoms with van der Waals surface area (Å²) in [6.07, 6.45) is 1.47. The Morgan fingerprint density at radius 1 is 1.22 bits per heavy atom. The number of carbonyl (C=O) groups is 1. The molecular formula is C19H21ClF2N4O. The lowest BCUT2D eigenvalue weighted by Crippen LogP contribution is -2.44. The fourth-order valence-electron chi connectivity index (χ4n) is 3.29. The Morgan fingerprint density at radius 3 is 2.48 bits per heavy atom. The van der Waals surface area contributed by atoms with Crippen LogP contribution in [0.4, 0.5) is 14.6 Å². The van der Waals surface area contributed by atoms with Gasteiger partial charge in [0, 0.05) is 30.6 Å². The number of carbonyl (C=O) groups excluding carboxylic acids is 1. The number of benzene rings is 1. The van der Waals surface area contributed by atoms with Gasteiger partial charge in [-0.15, -0.1) is 10.2 Å². The Labute approximate surface area is 161 Å². The third-order valence-corrected chi connectivity index (χ3v) is 4.97. The zero-order valence-electron chi connectivity index (χ0n) is 15.0. The molecule has 1 aromatic carbocycles. The van der Waals surface area contributed by atoms with E-state index in [4.69, 9.17) is 11.6 Å². The van der Waals surface area contributed by atoms with E-state index in [9.17, 15) is 13.6 Å². The van der Waals surface area contributed by atoms with Gasteiger partial charge in [-0.1, -0.05) is 17.7 Å². The van der Waals surface area contributed by atoms with Crippen molar-refractivity contribution in [2.75, 3.05) is 18.0 Å². The molecule has 144 valence electrons. The van der Waals surface area contributed by atoms with Crippen LogP contribution < -0.4 is 10.2 Å². The molecule has 0 saturated carbocycles. The minimum atomic E-state index is -0.589. The normalized spacial score (nSPS) is 16.2. The van der Waals surface area contributed by atoms with Crippen LogP contribution in [0.1, 0.15) is 25.3 Å². The Morgan fingerprint density at radius 2 is 1.89 bits per heavy atom. The molecule has 1 N–H and O–H groups in total. The van der Waals surface area contributed by atoms with E-state index in [-0.39, 0.29) is 29.9 Å². The fraction of sp³-hybridized carbons (Fsp3) is 0.421. The molecule has 0 bridgehead atoms. The van der Waals surface area contributed by atoms with Crippen molar-refractivity contribution < 1.29 is 13.6 Å². The molecule has 0 spiro atoms. The average molecular weight is 395 g/mol. The standard InChI is InChI=1S/C19H21ClF2N4O/c1-12(11-14-15(21)3-2-4-16(14)22)23-19(27)13-7-9-26(10-8-13)18-6-5-17(20)24-25-18/h2-6,12-13H,7-11H2,1H3,(H,23,27). The van der Waals surface area contributed by atoms with Crippen LogP contribution in [-0.4, -0.2) is 35.2 Å². The number of halogens is 3. The third kappa shape index (κ3) is 4.91. The molecule has 27 heavy (non-hydrogen) atoms. The van der Waals surface area contributed by atoms with Crippen molar-refractivity contribution in [3.8, 4) is 0 Å². The van der Waals surface area contributed by atoms with Gasteiger partial charge in [-0.3, -0.25) is 4.79 Å². The lowest BCUT2D eigenvalue weighted by Gasteiger charge is -2.32. The fourth-order valence-corrected chi connectivity index (χ4v) is 3.39. The zero-order valence-corrected chi connectivity index (χ0v) is 15.7. The molecule has 0 radical (unpaired) electrons. The molecule has 8 heteroatoms. The summed E-state index contributed by atoms with van der Waals surface area (Å²) >= 11 is 5.75. The number of nitrogens with zero attached hydrogens (tertiary/aromatic N) is 3. The monoisotopic (exact) mass is 394 g/mol. The number of hydrogen-bond acceptors (Lipinski definition) is 4. The second-order valence-electron chi connectivity index (χ2n) is 6.79. The zero-order chi connectivity index (χ0) is 19.4. The number of nitrogens with one attached hydrogen (secondary N) is 1. The maximum atomic E-state index is 13.8. The van der Waals surface area contributed by atoms with Gasteiger partial charge < -0.3 is 10.2 Å². The lowest BCUT2D eigenvalue weighted by atomic mass is 9.95. The van der Waals surface area contributed by atoms with Gasteiger partial charge in [0.15, 0.2) is 11.0 Å². The summed E-state index contributed by atoms with van der Waals surface area (Å²) in [6, 6.07) is 6.91. The van der Waals surface area contributed by atoms with E-state index < -0.39 is 11.6 Å². The molecule has 1 aliphatic rings. The highest BCUT2D eigenvalue weighted by molar-refractivity contribution is 6.29. The van der Waals surface area contributed by atoms with Crippen molar-refractivity contribution in [3.05, 3.63) is 52.7 Å². The van der Waals surface area contributed by atoms with Crippen LogP contribution in [-0.2, 0) is 11.2 Å². The second-order valence-corrected chi connectivity index (χ2v) is 7.18. The average Bonchev–Trinajstić information content (AvgIpc) is 2.65. The van der Waals surface area contributed by atoms with Gasteiger partial charge in [0.1, 0.15) is 11.6 Å². The molecule has 2 aromatic rings. The Kier molecular flexibility index (Phi) is 6.21. The van der Waals surface area contributed by atoms with Crippen LogP contribution in [0.5, 0.6) is 0 Å². The van der Waals surface area contributed by atoms with Crippen LogP contribution in [0.25, 0.3) is 0 Å². The predicted octanol–water partition coefficient (Wildman–Crippen LogP) is 3.37. The molecule has 3 rings (SSSR count). The number of aromatic nitrogens is 2. The largest absolute Gasteiger partial charge is 0.355 e. The summed E-state index contributed by atoms with van der Waals surface area (Å²) in [5.41, 5.74) is 0.00133. The summed E-state index contributed by atoms with van der Waals surface area (Å²) in [5, 5.41) is 11.1. The van der Waals surface area contributed by atoms with Crippen LogP contribution >= 0.6 is 11.6 Å². The molecule has 5 nitrogen and oxygen atoms in total. The van der Waals surface area contributed by atoms with Gasteiger partial charge in [0.05, 0.1) is 0 Å². The molecule has 1 fully saturated rings. The van der Waals surface area contributed by atoms with Gasteiger partial charge in [-0.05, 0) is 50.5 Å². The Bertz CT molecular complexity index is 775. The first-order valence-electron chi connectivity index (χ1n) is 8.91. The highest BCUT2D eigenvalue weighted by Crippen LogP contribution is 2.22. The maximum absolute atomic E-state index is 13.8. The van der Waals surface area contributed by atoms with E-state index in [0.717, 1.165) is 5.82 Å². The van der Waals surface area contributed by atoms with Crippen LogP contribution in [0.15, 0.2) is 30.3 Å². The first-order chi connectivity index (χ1) is 12.9. The van der Waals surface area contributed by atoms with Gasteiger partial charge in [-0.2, -0.15) is 0 Å². The van der Waals surface area contributed by atoms with Crippen LogP contribution in [0.2, 0.25) is 5.15 Å². The molecule has 1 aromatic heterocycles. The third-order valence-electron chi connectivity index (χ3n) is 4.77. The van der Waals surface area contributed by atoms with Gasteiger partial charge in [0.2, 0.25) is 5.91 Å². The Hall–Kier alpha value is -2.28. The summed E-state index contributed by atoms with van der Waals surface area (Å²) in [6.45, 7) is 3.12. The molecule has 2 heterocycles. The highest BCUT2D eigenvalue weighted by Gasteiger charge is 2.27. The van der Waals surface area contributed by atoms with E-state index in [1.54, 1.807) is 19.1 Å². The number of anilines is 1. The van der Waals surface area contributed by atoms with Gasteiger partial charge >= 0.3 is 0 Å². The topological polar surface area (TPSA) is 58.1 Å². The first kappa shape index (κ1) is 19.5. The number of piperidine rings is 1. The van der Waals surface area contributed by atoms with E-state index in [1.807, 2.05) is 0 Å². The molecule has 0 aliphatic carbocycles. The quantitative estimate of drug-likeness (QED) is 0.844. The minimum absolute atomic E-state index is 0.00133. The van der Waals surface area contributed by atoms with Crippen molar-refractivity contribution in [3.63, 3.8) is 0 Å². The van der Waals surface area contributed by atoms with Crippen molar-refractivity contribution in [1.29, 1.82) is 0 Å². The molecule has 1 atom stereocenters. The van der Waals surface area contributed by atoms with Gasteiger partial charge in [-0.25, -0.2) is 8.78 Å². The smallest absolute Gasteiger partial charge is 0.223 e. The number of rotatable bonds is 5. The van der Waals surface area contributed by atoms with E-state index >= 15 is 0 Å². The van der Waals surface area contributed by atoms with Crippen molar-refractivity contribution >= 4 is 23.3 Å². The summed E-state index contributed by atoms with van der Waals surface area (Å²) in [4.78, 5) is 14.6. The van der Waals surface area contributed by atoms with Crippen molar-refractivity contribution in [2.24, 2.45) is 5.92 Å². The lowest BCUT2D eigenvalue weighted by molar-refractivity contribution is -0.126. The second kappa shape index (κ2) is 8.61. The van der Waals surface area contributed by atoms with E-state index in [1.165, 1.54) is 18.2 Å². The summed E-state index contributed by atoms with van der Waals surface area (Å²) in [7, 11) is 0. The maximum Gasteiger partial charge on any atom is 0.223 e. The minimum Gasteiger partial charge on any atom is -0.355 e. The Balaban J connectivity index is 1.51. The SMILES string of the molecule is CC(Cc1c(F)cccc1F)NC(=O)C1CCN(c2ccc(Cl)nn2)CC1.